The Morgan fingerprint density at radius 2 is 1.48 bits per heavy atom. The molecule has 2 rings (SSSR count). The van der Waals surface area contributed by atoms with Gasteiger partial charge >= 0.3 is 5.97 Å². The van der Waals surface area contributed by atoms with Gasteiger partial charge in [-0.25, -0.2) is 26.7 Å². The molecule has 0 radical (unpaired) electrons. The molecule has 1 N–H and O–H groups in total. The Hall–Kier alpha value is -2.22. The average molecular weight is 324 g/mol. The number of aromatic nitrogens is 1. The van der Waals surface area contributed by atoms with Crippen molar-refractivity contribution in [2.45, 2.75) is 0 Å². The van der Waals surface area contributed by atoms with Crippen molar-refractivity contribution in [3.05, 3.63) is 51.9 Å². The first kappa shape index (κ1) is 15.2. The average Bonchev–Trinajstić information content (AvgIpc) is 2.44. The maximum Gasteiger partial charge on any atom is 0.337 e. The first-order valence-electron chi connectivity index (χ1n) is 5.17. The van der Waals surface area contributed by atoms with Crippen LogP contribution in [0.25, 0.3) is 11.3 Å². The van der Waals surface area contributed by atoms with Gasteiger partial charge in [-0.1, -0.05) is 11.6 Å². The van der Waals surface area contributed by atoms with Crippen molar-refractivity contribution in [1.29, 1.82) is 0 Å². The van der Waals surface area contributed by atoms with E-state index < -0.39 is 56.9 Å². The molecular weight excluding hydrogens is 321 g/mol. The first-order valence-corrected chi connectivity index (χ1v) is 5.54. The number of carboxylic acid groups (broad SMARTS) is 1. The second kappa shape index (κ2) is 5.28. The van der Waals surface area contributed by atoms with Crippen LogP contribution in [0.5, 0.6) is 0 Å². The van der Waals surface area contributed by atoms with E-state index in [2.05, 4.69) is 4.98 Å². The summed E-state index contributed by atoms with van der Waals surface area (Å²) < 4.78 is 66.5. The molecule has 1 heterocycles. The number of benzene rings is 1. The van der Waals surface area contributed by atoms with Crippen LogP contribution in [0.2, 0.25) is 5.02 Å². The summed E-state index contributed by atoms with van der Waals surface area (Å²) in [5.41, 5.74) is -2.84. The number of rotatable bonds is 2. The van der Waals surface area contributed by atoms with Crippen molar-refractivity contribution in [1.82, 2.24) is 4.98 Å². The molecule has 3 nitrogen and oxygen atoms in total. The number of pyridine rings is 1. The highest BCUT2D eigenvalue weighted by molar-refractivity contribution is 6.35. The molecule has 0 saturated heterocycles. The second-order valence-corrected chi connectivity index (χ2v) is 4.15. The fourth-order valence-electron chi connectivity index (χ4n) is 1.60. The molecular formula is C12H3ClF5NO2. The van der Waals surface area contributed by atoms with Crippen LogP contribution in [-0.4, -0.2) is 16.1 Å². The normalized spacial score (nSPS) is 10.8. The molecule has 2 aromatic rings. The lowest BCUT2D eigenvalue weighted by Crippen LogP contribution is -2.07. The lowest BCUT2D eigenvalue weighted by Gasteiger charge is -2.10. The van der Waals surface area contributed by atoms with Crippen LogP contribution in [0.4, 0.5) is 22.0 Å². The lowest BCUT2D eigenvalue weighted by molar-refractivity contribution is 0.0697. The van der Waals surface area contributed by atoms with E-state index in [0.717, 1.165) is 12.3 Å². The van der Waals surface area contributed by atoms with Gasteiger partial charge in [-0.05, 0) is 6.07 Å². The van der Waals surface area contributed by atoms with E-state index in [1.807, 2.05) is 0 Å². The summed E-state index contributed by atoms with van der Waals surface area (Å²) in [6, 6.07) is 0.917. The largest absolute Gasteiger partial charge is 0.478 e. The molecule has 0 aliphatic rings. The summed E-state index contributed by atoms with van der Waals surface area (Å²) >= 11 is 5.61. The molecule has 0 fully saturated rings. The topological polar surface area (TPSA) is 50.2 Å². The molecule has 0 aliphatic heterocycles. The van der Waals surface area contributed by atoms with Crippen LogP contribution >= 0.6 is 11.6 Å². The van der Waals surface area contributed by atoms with E-state index in [0.29, 0.717) is 0 Å². The number of hydrogen-bond donors (Lipinski definition) is 1. The number of carboxylic acids is 1. The zero-order valence-electron chi connectivity index (χ0n) is 9.73. The van der Waals surface area contributed by atoms with Gasteiger partial charge in [-0.3, -0.25) is 4.98 Å². The zero-order valence-corrected chi connectivity index (χ0v) is 10.5. The van der Waals surface area contributed by atoms with Crippen molar-refractivity contribution >= 4 is 17.6 Å². The third kappa shape index (κ3) is 2.31. The van der Waals surface area contributed by atoms with E-state index in [4.69, 9.17) is 16.7 Å². The molecule has 0 unspecified atom stereocenters. The van der Waals surface area contributed by atoms with Gasteiger partial charge in [0.15, 0.2) is 23.3 Å². The van der Waals surface area contributed by atoms with Crippen molar-refractivity contribution in [3.8, 4) is 11.3 Å². The van der Waals surface area contributed by atoms with Crippen LogP contribution in [0.15, 0.2) is 12.3 Å². The van der Waals surface area contributed by atoms with E-state index >= 15 is 0 Å². The predicted molar refractivity (Wildman–Crippen MR) is 61.4 cm³/mol. The molecule has 1 aromatic carbocycles. The maximum absolute atomic E-state index is 13.6. The molecule has 0 bridgehead atoms. The molecule has 1 aromatic heterocycles. The SMILES string of the molecule is O=C(O)c1ccnc(-c2c(F)c(F)c(F)c(F)c2F)c1Cl. The Labute approximate surface area is 118 Å². The highest BCUT2D eigenvalue weighted by Crippen LogP contribution is 2.35. The minimum absolute atomic E-state index is 0.592. The third-order valence-electron chi connectivity index (χ3n) is 2.57. The predicted octanol–water partition coefficient (Wildman–Crippen LogP) is 3.80. The van der Waals surface area contributed by atoms with Gasteiger partial charge in [0.05, 0.1) is 21.8 Å². The molecule has 0 aliphatic carbocycles. The van der Waals surface area contributed by atoms with Gasteiger partial charge < -0.3 is 5.11 Å². The van der Waals surface area contributed by atoms with Crippen LogP contribution in [-0.2, 0) is 0 Å². The first-order chi connectivity index (χ1) is 9.77. The van der Waals surface area contributed by atoms with Crippen LogP contribution in [0.3, 0.4) is 0 Å². The number of aromatic carboxylic acids is 1. The standard InChI is InChI=1S/C12H3ClF5NO2/c13-5-3(12(20)21)1-2-19-11(5)4-6(14)8(16)10(18)9(17)7(4)15/h1-2H,(H,20,21). The minimum atomic E-state index is -2.33. The number of hydrogen-bond acceptors (Lipinski definition) is 2. The Balaban J connectivity index is 2.86. The molecule has 0 spiro atoms. The third-order valence-corrected chi connectivity index (χ3v) is 2.95. The molecule has 0 atom stereocenters. The van der Waals surface area contributed by atoms with Gasteiger partial charge in [0, 0.05) is 6.20 Å². The summed E-state index contributed by atoms with van der Waals surface area (Å²) in [6.45, 7) is 0. The van der Waals surface area contributed by atoms with Gasteiger partial charge in [0.2, 0.25) is 5.82 Å². The number of halogens is 6. The molecule has 9 heteroatoms. The van der Waals surface area contributed by atoms with E-state index in [9.17, 15) is 26.7 Å². The van der Waals surface area contributed by atoms with Crippen molar-refractivity contribution in [3.63, 3.8) is 0 Å². The second-order valence-electron chi connectivity index (χ2n) is 3.77. The van der Waals surface area contributed by atoms with Gasteiger partial charge in [0.25, 0.3) is 0 Å². The number of nitrogens with zero attached hydrogens (tertiary/aromatic N) is 1. The summed E-state index contributed by atoms with van der Waals surface area (Å²) in [6.07, 6.45) is 0.822. The Kier molecular flexibility index (Phi) is 3.82. The van der Waals surface area contributed by atoms with E-state index in [-0.39, 0.29) is 0 Å². The lowest BCUT2D eigenvalue weighted by atomic mass is 10.1. The molecule has 0 saturated carbocycles. The Morgan fingerprint density at radius 1 is 1.00 bits per heavy atom. The van der Waals surface area contributed by atoms with Crippen molar-refractivity contribution < 1.29 is 31.9 Å². The fraction of sp³-hybridized carbons (Fsp3) is 0. The van der Waals surface area contributed by atoms with Crippen LogP contribution < -0.4 is 0 Å². The van der Waals surface area contributed by atoms with Crippen molar-refractivity contribution in [2.75, 3.05) is 0 Å². The zero-order chi connectivity index (χ0) is 15.9. The monoisotopic (exact) mass is 323 g/mol. The van der Waals surface area contributed by atoms with Crippen LogP contribution in [0, 0.1) is 29.1 Å². The minimum Gasteiger partial charge on any atom is -0.478 e. The number of carbonyl (C=O) groups is 1. The molecule has 21 heavy (non-hydrogen) atoms. The molecule has 110 valence electrons. The summed E-state index contributed by atoms with van der Waals surface area (Å²) in [5, 5.41) is 8.08. The van der Waals surface area contributed by atoms with E-state index in [1.165, 1.54) is 0 Å². The summed E-state index contributed by atoms with van der Waals surface area (Å²) in [4.78, 5) is 14.2. The van der Waals surface area contributed by atoms with E-state index in [1.54, 1.807) is 0 Å². The summed E-state index contributed by atoms with van der Waals surface area (Å²) in [5.74, 6) is -12.5. The highest BCUT2D eigenvalue weighted by Gasteiger charge is 2.29. The van der Waals surface area contributed by atoms with Gasteiger partial charge in [0.1, 0.15) is 0 Å². The highest BCUT2D eigenvalue weighted by atomic mass is 35.5. The summed E-state index contributed by atoms with van der Waals surface area (Å²) in [7, 11) is 0. The molecule has 0 amide bonds. The van der Waals surface area contributed by atoms with Gasteiger partial charge in [-0.2, -0.15) is 0 Å². The fourth-order valence-corrected chi connectivity index (χ4v) is 1.88. The Morgan fingerprint density at radius 3 is 1.95 bits per heavy atom. The maximum atomic E-state index is 13.6. The van der Waals surface area contributed by atoms with Gasteiger partial charge in [-0.15, -0.1) is 0 Å². The van der Waals surface area contributed by atoms with Crippen molar-refractivity contribution in [2.24, 2.45) is 0 Å². The Bertz CT molecular complexity index is 737. The smallest absolute Gasteiger partial charge is 0.337 e. The quantitative estimate of drug-likeness (QED) is 0.519. The van der Waals surface area contributed by atoms with Crippen LogP contribution in [0.1, 0.15) is 10.4 Å².